The number of hydrogen-bond donors (Lipinski definition) is 4. The minimum absolute atomic E-state index is 0.156. The SMILES string of the molecule is CCCCCCCCCCC/C=C\C/C=C\CCCCCCCCCCCCCCCCCC(=O)NC(CO)C(O)C(O)CCC/C=C/CC/C=C/CCCCCCCCCCCCCC. The van der Waals surface area contributed by atoms with Gasteiger partial charge in [-0.2, -0.15) is 0 Å². The quantitative estimate of drug-likeness (QED) is 0.0361. The number of aliphatic hydroxyl groups excluding tert-OH is 3. The first-order valence-electron chi connectivity index (χ1n) is 29.4. The van der Waals surface area contributed by atoms with Crippen LogP contribution in [0.25, 0.3) is 0 Å². The molecule has 388 valence electrons. The van der Waals surface area contributed by atoms with E-state index in [1.54, 1.807) is 0 Å². The summed E-state index contributed by atoms with van der Waals surface area (Å²) in [6, 6.07) is -0.834. The summed E-state index contributed by atoms with van der Waals surface area (Å²) in [6.07, 6.45) is 74.2. The Morgan fingerprint density at radius 1 is 0.379 bits per heavy atom. The molecule has 5 nitrogen and oxygen atoms in total. The van der Waals surface area contributed by atoms with Gasteiger partial charge in [0.05, 0.1) is 18.8 Å². The van der Waals surface area contributed by atoms with E-state index in [2.05, 4.69) is 67.8 Å². The van der Waals surface area contributed by atoms with Crippen molar-refractivity contribution in [3.63, 3.8) is 0 Å². The Labute approximate surface area is 412 Å². The summed E-state index contributed by atoms with van der Waals surface area (Å²) in [6.45, 7) is 4.19. The molecule has 0 radical (unpaired) electrons. The maximum atomic E-state index is 12.5. The first kappa shape index (κ1) is 64.3. The fourth-order valence-corrected chi connectivity index (χ4v) is 9.09. The van der Waals surface area contributed by atoms with E-state index in [1.165, 1.54) is 231 Å². The third kappa shape index (κ3) is 50.2. The smallest absolute Gasteiger partial charge is 0.220 e. The van der Waals surface area contributed by atoms with Crippen LogP contribution in [0.5, 0.6) is 0 Å². The van der Waals surface area contributed by atoms with Crippen molar-refractivity contribution < 1.29 is 20.1 Å². The van der Waals surface area contributed by atoms with Gasteiger partial charge in [-0.15, -0.1) is 0 Å². The van der Waals surface area contributed by atoms with Crippen LogP contribution in [0.2, 0.25) is 0 Å². The number of amides is 1. The number of unbranched alkanes of at least 4 members (excludes halogenated alkanes) is 38. The highest BCUT2D eigenvalue weighted by atomic mass is 16.3. The van der Waals surface area contributed by atoms with Gasteiger partial charge in [0.2, 0.25) is 5.91 Å². The highest BCUT2D eigenvalue weighted by Crippen LogP contribution is 2.17. The Kier molecular flexibility index (Phi) is 54.5. The average Bonchev–Trinajstić information content (AvgIpc) is 3.32. The molecule has 3 unspecified atom stereocenters. The minimum atomic E-state index is -1.17. The van der Waals surface area contributed by atoms with E-state index in [9.17, 15) is 20.1 Å². The van der Waals surface area contributed by atoms with E-state index in [0.29, 0.717) is 12.8 Å². The van der Waals surface area contributed by atoms with Gasteiger partial charge in [-0.1, -0.05) is 268 Å². The molecule has 4 N–H and O–H groups in total. The first-order chi connectivity index (χ1) is 32.6. The number of rotatable bonds is 54. The zero-order valence-corrected chi connectivity index (χ0v) is 44.3. The van der Waals surface area contributed by atoms with Crippen molar-refractivity contribution in [2.24, 2.45) is 0 Å². The molecule has 0 bridgehead atoms. The van der Waals surface area contributed by atoms with Gasteiger partial charge < -0.3 is 20.6 Å². The van der Waals surface area contributed by atoms with Gasteiger partial charge in [0, 0.05) is 6.42 Å². The molecule has 3 atom stereocenters. The lowest BCUT2D eigenvalue weighted by Gasteiger charge is -2.26. The molecule has 5 heteroatoms. The summed E-state index contributed by atoms with van der Waals surface area (Å²) in [5.41, 5.74) is 0. The Balaban J connectivity index is 3.57. The molecule has 0 aromatic rings. The molecule has 0 aliphatic carbocycles. The Bertz CT molecular complexity index is 1070. The van der Waals surface area contributed by atoms with Gasteiger partial charge in [0.15, 0.2) is 0 Å². The molecule has 0 saturated heterocycles. The van der Waals surface area contributed by atoms with E-state index in [4.69, 9.17) is 0 Å². The van der Waals surface area contributed by atoms with Crippen molar-refractivity contribution in [3.8, 4) is 0 Å². The standard InChI is InChI=1S/C61H115NO4/c1-3-5-7-9-11-13-15-17-19-21-23-25-26-27-28-29-30-31-32-33-34-36-38-40-42-44-46-48-50-52-54-56-60(65)62-58(57-63)61(66)59(64)55-53-51-49-47-45-43-41-39-37-35-24-22-20-18-16-14-12-10-8-6-4-2/h23,25,27-28,39,41,47,49,58-59,61,63-64,66H,3-22,24,26,29-38,40,42-46,48,50-57H2,1-2H3,(H,62,65)/b25-23-,28-27-,41-39+,49-47+. The lowest BCUT2D eigenvalue weighted by atomic mass is 10.0. The molecular weight excluding hydrogens is 811 g/mol. The number of carbonyl (C=O) groups excluding carboxylic acids is 1. The van der Waals surface area contributed by atoms with Crippen LogP contribution in [0.1, 0.15) is 309 Å². The number of hydrogen-bond acceptors (Lipinski definition) is 4. The summed E-state index contributed by atoms with van der Waals surface area (Å²) in [5.74, 6) is -0.156. The van der Waals surface area contributed by atoms with Gasteiger partial charge >= 0.3 is 0 Å². The van der Waals surface area contributed by atoms with Crippen LogP contribution in [0.3, 0.4) is 0 Å². The Morgan fingerprint density at radius 3 is 1.02 bits per heavy atom. The number of aliphatic hydroxyl groups is 3. The predicted octanol–water partition coefficient (Wildman–Crippen LogP) is 18.4. The molecule has 0 spiro atoms. The van der Waals surface area contributed by atoms with Crippen LogP contribution >= 0.6 is 0 Å². The normalized spacial score (nSPS) is 13.6. The van der Waals surface area contributed by atoms with Crippen molar-refractivity contribution in [2.75, 3.05) is 6.61 Å². The maximum Gasteiger partial charge on any atom is 0.220 e. The molecule has 0 fully saturated rings. The van der Waals surface area contributed by atoms with Gasteiger partial charge in [0.25, 0.3) is 0 Å². The lowest BCUT2D eigenvalue weighted by Crippen LogP contribution is -2.50. The fraction of sp³-hybridized carbons (Fsp3) is 0.852. The van der Waals surface area contributed by atoms with Crippen LogP contribution < -0.4 is 5.32 Å². The lowest BCUT2D eigenvalue weighted by molar-refractivity contribution is -0.124. The van der Waals surface area contributed by atoms with Crippen molar-refractivity contribution in [2.45, 2.75) is 327 Å². The van der Waals surface area contributed by atoms with Crippen LogP contribution in [0.4, 0.5) is 0 Å². The molecule has 1 amide bonds. The monoisotopic (exact) mass is 926 g/mol. The summed E-state index contributed by atoms with van der Waals surface area (Å²) < 4.78 is 0. The van der Waals surface area contributed by atoms with E-state index >= 15 is 0 Å². The molecule has 66 heavy (non-hydrogen) atoms. The fourth-order valence-electron chi connectivity index (χ4n) is 9.09. The molecule has 0 aromatic carbocycles. The van der Waals surface area contributed by atoms with Crippen molar-refractivity contribution in [1.29, 1.82) is 0 Å². The highest BCUT2D eigenvalue weighted by molar-refractivity contribution is 5.76. The molecule has 0 heterocycles. The van der Waals surface area contributed by atoms with Gasteiger partial charge in [-0.05, 0) is 83.5 Å². The molecule has 0 aliphatic heterocycles. The highest BCUT2D eigenvalue weighted by Gasteiger charge is 2.26. The van der Waals surface area contributed by atoms with Crippen LogP contribution in [-0.4, -0.2) is 46.1 Å². The largest absolute Gasteiger partial charge is 0.394 e. The van der Waals surface area contributed by atoms with Crippen LogP contribution in [-0.2, 0) is 4.79 Å². The molecule has 0 aliphatic rings. The Hall–Kier alpha value is -1.69. The van der Waals surface area contributed by atoms with Gasteiger partial charge in [-0.3, -0.25) is 4.79 Å². The predicted molar refractivity (Wildman–Crippen MR) is 291 cm³/mol. The van der Waals surface area contributed by atoms with E-state index in [1.807, 2.05) is 0 Å². The molecule has 0 saturated carbocycles. The third-order valence-corrected chi connectivity index (χ3v) is 13.6. The van der Waals surface area contributed by atoms with E-state index in [0.717, 1.165) is 51.4 Å². The average molecular weight is 927 g/mol. The second kappa shape index (κ2) is 55.9. The molecule has 0 aromatic heterocycles. The van der Waals surface area contributed by atoms with Gasteiger partial charge in [0.1, 0.15) is 6.10 Å². The second-order valence-corrected chi connectivity index (χ2v) is 20.2. The van der Waals surface area contributed by atoms with Crippen LogP contribution in [0, 0.1) is 0 Å². The molecule has 0 rings (SSSR count). The van der Waals surface area contributed by atoms with E-state index in [-0.39, 0.29) is 12.5 Å². The first-order valence-corrected chi connectivity index (χ1v) is 29.4. The summed E-state index contributed by atoms with van der Waals surface area (Å²) in [7, 11) is 0. The minimum Gasteiger partial charge on any atom is -0.394 e. The zero-order chi connectivity index (χ0) is 47.9. The van der Waals surface area contributed by atoms with Crippen LogP contribution in [0.15, 0.2) is 48.6 Å². The summed E-state index contributed by atoms with van der Waals surface area (Å²) in [4.78, 5) is 12.5. The summed E-state index contributed by atoms with van der Waals surface area (Å²) in [5, 5.41) is 33.7. The Morgan fingerprint density at radius 2 is 0.667 bits per heavy atom. The zero-order valence-electron chi connectivity index (χ0n) is 44.3. The van der Waals surface area contributed by atoms with Gasteiger partial charge in [-0.25, -0.2) is 0 Å². The number of carbonyl (C=O) groups is 1. The van der Waals surface area contributed by atoms with Crippen molar-refractivity contribution in [1.82, 2.24) is 5.32 Å². The van der Waals surface area contributed by atoms with Crippen molar-refractivity contribution in [3.05, 3.63) is 48.6 Å². The summed E-state index contributed by atoms with van der Waals surface area (Å²) >= 11 is 0. The second-order valence-electron chi connectivity index (χ2n) is 20.2. The number of allylic oxidation sites excluding steroid dienone is 8. The van der Waals surface area contributed by atoms with Crippen molar-refractivity contribution >= 4 is 5.91 Å². The third-order valence-electron chi connectivity index (χ3n) is 13.6. The maximum absolute atomic E-state index is 12.5. The molecular formula is C61H115NO4. The number of nitrogens with one attached hydrogen (secondary N) is 1. The topological polar surface area (TPSA) is 89.8 Å². The van der Waals surface area contributed by atoms with E-state index < -0.39 is 18.2 Å².